The Labute approximate surface area is 253 Å². The number of hydrogen-bond donors (Lipinski definition) is 3. The molecular formula is C33H33F3N4O4. The first-order chi connectivity index (χ1) is 21.1. The first-order valence-corrected chi connectivity index (χ1v) is 13.9. The Hall–Kier alpha value is -4.74. The van der Waals surface area contributed by atoms with Crippen molar-refractivity contribution in [2.24, 2.45) is 0 Å². The molecule has 0 saturated heterocycles. The van der Waals surface area contributed by atoms with Crippen LogP contribution in [0, 0.1) is 0 Å². The second-order valence-electron chi connectivity index (χ2n) is 10.2. The third-order valence-electron chi connectivity index (χ3n) is 6.76. The van der Waals surface area contributed by atoms with E-state index in [2.05, 4.69) is 20.4 Å². The zero-order valence-electron chi connectivity index (χ0n) is 24.0. The molecule has 1 heterocycles. The van der Waals surface area contributed by atoms with Gasteiger partial charge in [-0.25, -0.2) is 0 Å². The number of halogens is 3. The SMILES string of the molecule is CN(Cc1ccccn1)C(=O)c1cccc(C(=O)N[C@@H](Cc2ccccc2)[C@H](O)CNCc2ccc(OC(F)(F)F)cc2)c1. The number of amides is 2. The smallest absolute Gasteiger partial charge is 0.406 e. The average molecular weight is 607 g/mol. The lowest BCUT2D eigenvalue weighted by Crippen LogP contribution is -2.48. The Morgan fingerprint density at radius 1 is 0.909 bits per heavy atom. The molecule has 44 heavy (non-hydrogen) atoms. The van der Waals surface area contributed by atoms with Gasteiger partial charge in [0.15, 0.2) is 0 Å². The summed E-state index contributed by atoms with van der Waals surface area (Å²) in [7, 11) is 1.66. The Kier molecular flexibility index (Phi) is 11.1. The second kappa shape index (κ2) is 15.1. The molecule has 0 unspecified atom stereocenters. The number of benzene rings is 3. The van der Waals surface area contributed by atoms with Gasteiger partial charge in [0, 0.05) is 37.5 Å². The Bertz CT molecular complexity index is 1500. The summed E-state index contributed by atoms with van der Waals surface area (Å²) in [5, 5.41) is 17.1. The maximum atomic E-state index is 13.3. The van der Waals surface area contributed by atoms with Crippen LogP contribution < -0.4 is 15.4 Å². The van der Waals surface area contributed by atoms with Gasteiger partial charge in [0.05, 0.1) is 24.4 Å². The molecule has 4 rings (SSSR count). The molecular weight excluding hydrogens is 573 g/mol. The summed E-state index contributed by atoms with van der Waals surface area (Å²) >= 11 is 0. The number of aromatic nitrogens is 1. The van der Waals surface area contributed by atoms with Crippen LogP contribution in [0.4, 0.5) is 13.2 Å². The normalized spacial score (nSPS) is 12.7. The second-order valence-corrected chi connectivity index (χ2v) is 10.2. The van der Waals surface area contributed by atoms with Gasteiger partial charge in [-0.05, 0) is 60.0 Å². The van der Waals surface area contributed by atoms with Crippen LogP contribution in [-0.4, -0.2) is 58.9 Å². The fourth-order valence-electron chi connectivity index (χ4n) is 4.54. The number of alkyl halides is 3. The van der Waals surface area contributed by atoms with Crippen molar-refractivity contribution in [2.75, 3.05) is 13.6 Å². The lowest BCUT2D eigenvalue weighted by molar-refractivity contribution is -0.274. The van der Waals surface area contributed by atoms with E-state index in [1.807, 2.05) is 42.5 Å². The molecule has 2 amide bonds. The van der Waals surface area contributed by atoms with Crippen LogP contribution in [0.2, 0.25) is 0 Å². The minimum Gasteiger partial charge on any atom is -0.406 e. The van der Waals surface area contributed by atoms with Gasteiger partial charge in [0.25, 0.3) is 11.8 Å². The molecule has 2 atom stereocenters. The predicted molar refractivity (Wildman–Crippen MR) is 159 cm³/mol. The summed E-state index contributed by atoms with van der Waals surface area (Å²) in [5.41, 5.74) is 2.92. The van der Waals surface area contributed by atoms with E-state index in [4.69, 9.17) is 0 Å². The Morgan fingerprint density at radius 3 is 2.30 bits per heavy atom. The third kappa shape index (κ3) is 9.92. The molecule has 8 nitrogen and oxygen atoms in total. The topological polar surface area (TPSA) is 104 Å². The average Bonchev–Trinajstić information content (AvgIpc) is 3.01. The van der Waals surface area contributed by atoms with E-state index < -0.39 is 24.4 Å². The van der Waals surface area contributed by atoms with E-state index in [1.54, 1.807) is 37.5 Å². The molecule has 0 aliphatic heterocycles. The van der Waals surface area contributed by atoms with Crippen LogP contribution in [0.25, 0.3) is 0 Å². The number of carbonyl (C=O) groups is 2. The molecule has 0 radical (unpaired) electrons. The molecule has 1 aromatic heterocycles. The van der Waals surface area contributed by atoms with Crippen LogP contribution in [0.3, 0.4) is 0 Å². The van der Waals surface area contributed by atoms with Gasteiger partial charge in [0.1, 0.15) is 5.75 Å². The first-order valence-electron chi connectivity index (χ1n) is 13.9. The fraction of sp³-hybridized carbons (Fsp3) is 0.242. The summed E-state index contributed by atoms with van der Waals surface area (Å²) in [5.74, 6) is -1.04. The number of aliphatic hydroxyl groups is 1. The predicted octanol–water partition coefficient (Wildman–Crippen LogP) is 4.74. The van der Waals surface area contributed by atoms with Crippen LogP contribution >= 0.6 is 0 Å². The summed E-state index contributed by atoms with van der Waals surface area (Å²) in [6.45, 7) is 0.668. The van der Waals surface area contributed by atoms with E-state index in [0.717, 1.165) is 11.3 Å². The fourth-order valence-corrected chi connectivity index (χ4v) is 4.54. The molecule has 0 fully saturated rings. The highest BCUT2D eigenvalue weighted by molar-refractivity contribution is 5.99. The number of nitrogens with zero attached hydrogens (tertiary/aromatic N) is 2. The minimum atomic E-state index is -4.77. The summed E-state index contributed by atoms with van der Waals surface area (Å²) in [4.78, 5) is 32.2. The molecule has 0 saturated carbocycles. The van der Waals surface area contributed by atoms with Crippen LogP contribution in [0.15, 0.2) is 103 Å². The first kappa shape index (κ1) is 32.2. The summed E-state index contributed by atoms with van der Waals surface area (Å²) < 4.78 is 41.1. The number of hydrogen-bond acceptors (Lipinski definition) is 6. The minimum absolute atomic E-state index is 0.0927. The van der Waals surface area contributed by atoms with Crippen molar-refractivity contribution in [1.29, 1.82) is 0 Å². The number of aliphatic hydroxyl groups excluding tert-OH is 1. The van der Waals surface area contributed by atoms with Gasteiger partial charge in [0.2, 0.25) is 0 Å². The van der Waals surface area contributed by atoms with E-state index in [9.17, 15) is 27.9 Å². The van der Waals surface area contributed by atoms with Crippen LogP contribution in [0.5, 0.6) is 5.75 Å². The molecule has 0 aliphatic rings. The number of carbonyl (C=O) groups excluding carboxylic acids is 2. The van der Waals surface area contributed by atoms with Crippen molar-refractivity contribution in [3.8, 4) is 5.75 Å². The van der Waals surface area contributed by atoms with Crippen molar-refractivity contribution < 1.29 is 32.6 Å². The highest BCUT2D eigenvalue weighted by Crippen LogP contribution is 2.22. The van der Waals surface area contributed by atoms with E-state index >= 15 is 0 Å². The van der Waals surface area contributed by atoms with Gasteiger partial charge >= 0.3 is 6.36 Å². The molecule has 0 aliphatic carbocycles. The summed E-state index contributed by atoms with van der Waals surface area (Å²) in [6.07, 6.45) is -3.79. The van der Waals surface area contributed by atoms with Gasteiger partial charge < -0.3 is 25.4 Å². The molecule has 230 valence electrons. The van der Waals surface area contributed by atoms with Crippen LogP contribution in [0.1, 0.15) is 37.5 Å². The molecule has 3 N–H and O–H groups in total. The highest BCUT2D eigenvalue weighted by Gasteiger charge is 2.31. The van der Waals surface area contributed by atoms with Gasteiger partial charge in [-0.2, -0.15) is 0 Å². The van der Waals surface area contributed by atoms with E-state index in [-0.39, 0.29) is 30.3 Å². The highest BCUT2D eigenvalue weighted by atomic mass is 19.4. The van der Waals surface area contributed by atoms with Gasteiger partial charge in [-0.1, -0.05) is 54.6 Å². The largest absolute Gasteiger partial charge is 0.573 e. The van der Waals surface area contributed by atoms with Crippen molar-refractivity contribution >= 4 is 11.8 Å². The zero-order valence-corrected chi connectivity index (χ0v) is 24.0. The van der Waals surface area contributed by atoms with Gasteiger partial charge in [-0.15, -0.1) is 13.2 Å². The molecule has 0 spiro atoms. The molecule has 11 heteroatoms. The standard InChI is InChI=1S/C33H33F3N4O4/c1-40(22-27-12-5-6-17-38-27)32(43)26-11-7-10-25(19-26)31(42)39-29(18-23-8-3-2-4-9-23)30(41)21-37-20-24-13-15-28(16-14-24)44-33(34,35)36/h2-17,19,29-30,37,41H,18,20-22H2,1H3,(H,39,42)/t29-,30+/m0/s1. The molecule has 3 aromatic carbocycles. The van der Waals surface area contributed by atoms with Crippen molar-refractivity contribution in [3.05, 3.63) is 131 Å². The molecule has 4 aromatic rings. The quantitative estimate of drug-likeness (QED) is 0.203. The van der Waals surface area contributed by atoms with Gasteiger partial charge in [-0.3, -0.25) is 14.6 Å². The Balaban J connectivity index is 1.39. The lowest BCUT2D eigenvalue weighted by Gasteiger charge is -2.25. The maximum Gasteiger partial charge on any atom is 0.573 e. The number of pyridine rings is 1. The number of nitrogens with one attached hydrogen (secondary N) is 2. The van der Waals surface area contributed by atoms with Crippen LogP contribution in [-0.2, 0) is 19.5 Å². The Morgan fingerprint density at radius 2 is 1.61 bits per heavy atom. The summed E-state index contributed by atoms with van der Waals surface area (Å²) in [6, 6.07) is 25.9. The monoisotopic (exact) mass is 606 g/mol. The lowest BCUT2D eigenvalue weighted by atomic mass is 10.00. The maximum absolute atomic E-state index is 13.3. The molecule has 0 bridgehead atoms. The number of ether oxygens (including phenoxy) is 1. The van der Waals surface area contributed by atoms with E-state index in [0.29, 0.717) is 24.1 Å². The van der Waals surface area contributed by atoms with Crippen molar-refractivity contribution in [3.63, 3.8) is 0 Å². The van der Waals surface area contributed by atoms with Crippen molar-refractivity contribution in [2.45, 2.75) is 38.0 Å². The third-order valence-corrected chi connectivity index (χ3v) is 6.76. The van der Waals surface area contributed by atoms with Crippen molar-refractivity contribution in [1.82, 2.24) is 20.5 Å². The van der Waals surface area contributed by atoms with E-state index in [1.165, 1.54) is 35.2 Å². The number of rotatable bonds is 13. The zero-order chi connectivity index (χ0) is 31.5.